The van der Waals surface area contributed by atoms with Crippen LogP contribution < -0.4 is 0 Å². The van der Waals surface area contributed by atoms with E-state index in [1.165, 1.54) is 0 Å². The van der Waals surface area contributed by atoms with Gasteiger partial charge < -0.3 is 9.47 Å². The van der Waals surface area contributed by atoms with Crippen LogP contribution in [0.1, 0.15) is 59.3 Å². The van der Waals surface area contributed by atoms with Crippen LogP contribution in [0.4, 0.5) is 0 Å². The van der Waals surface area contributed by atoms with E-state index >= 15 is 0 Å². The van der Waals surface area contributed by atoms with Crippen molar-refractivity contribution >= 4 is 11.9 Å². The van der Waals surface area contributed by atoms with E-state index in [9.17, 15) is 9.59 Å². The number of cyclic esters (lactones) is 2. The van der Waals surface area contributed by atoms with Crippen molar-refractivity contribution in [1.29, 1.82) is 0 Å². The predicted octanol–water partition coefficient (Wildman–Crippen LogP) is 3.36. The lowest BCUT2D eigenvalue weighted by Crippen LogP contribution is -2.57. The van der Waals surface area contributed by atoms with Crippen molar-refractivity contribution in [3.8, 4) is 0 Å². The minimum atomic E-state index is -1.14. The van der Waals surface area contributed by atoms with Crippen LogP contribution in [0.25, 0.3) is 0 Å². The molecule has 1 unspecified atom stereocenters. The monoisotopic (exact) mass is 280 g/mol. The summed E-state index contributed by atoms with van der Waals surface area (Å²) in [5.41, 5.74) is -1.11. The van der Waals surface area contributed by atoms with Gasteiger partial charge in [-0.2, -0.15) is 0 Å². The Hall–Kier alpha value is -1.32. The molecule has 4 nitrogen and oxygen atoms in total. The molecule has 0 bridgehead atoms. The molecular weight excluding hydrogens is 256 g/mol. The van der Waals surface area contributed by atoms with Crippen molar-refractivity contribution in [2.24, 2.45) is 11.3 Å². The topological polar surface area (TPSA) is 52.6 Å². The van der Waals surface area contributed by atoms with Crippen molar-refractivity contribution in [1.82, 2.24) is 0 Å². The van der Waals surface area contributed by atoms with Crippen molar-refractivity contribution in [3.05, 3.63) is 12.2 Å². The first-order valence-electron chi connectivity index (χ1n) is 7.56. The molecule has 1 aliphatic carbocycles. The minimum Gasteiger partial charge on any atom is -0.422 e. The Morgan fingerprint density at radius 3 is 2.45 bits per heavy atom. The van der Waals surface area contributed by atoms with Crippen LogP contribution in [-0.2, 0) is 19.1 Å². The lowest BCUT2D eigenvalue weighted by Gasteiger charge is -2.44. The van der Waals surface area contributed by atoms with Gasteiger partial charge in [-0.25, -0.2) is 0 Å². The van der Waals surface area contributed by atoms with Gasteiger partial charge in [0, 0.05) is 19.8 Å². The normalized spacial score (nSPS) is 27.2. The van der Waals surface area contributed by atoms with E-state index < -0.39 is 23.1 Å². The van der Waals surface area contributed by atoms with Gasteiger partial charge in [0.1, 0.15) is 0 Å². The van der Waals surface area contributed by atoms with Crippen molar-refractivity contribution in [3.63, 3.8) is 0 Å². The van der Waals surface area contributed by atoms with Crippen LogP contribution in [0, 0.1) is 11.3 Å². The van der Waals surface area contributed by atoms with Gasteiger partial charge in [0.25, 0.3) is 5.79 Å². The van der Waals surface area contributed by atoms with Gasteiger partial charge in [-0.05, 0) is 19.3 Å². The maximum Gasteiger partial charge on any atom is 0.327 e. The first kappa shape index (κ1) is 15.1. The van der Waals surface area contributed by atoms with E-state index in [1.54, 1.807) is 13.8 Å². The van der Waals surface area contributed by atoms with Gasteiger partial charge in [-0.15, -0.1) is 0 Å². The molecule has 1 atom stereocenters. The smallest absolute Gasteiger partial charge is 0.327 e. The number of allylic oxidation sites excluding steroid dienone is 2. The molecule has 112 valence electrons. The van der Waals surface area contributed by atoms with Gasteiger partial charge in [-0.1, -0.05) is 38.3 Å². The SMILES string of the molecule is CCCCCC1C=CCCC12C(=O)OC(C)(C)OC2=O. The molecule has 0 amide bonds. The zero-order valence-electron chi connectivity index (χ0n) is 12.6. The third-order valence-corrected chi connectivity index (χ3v) is 4.23. The van der Waals surface area contributed by atoms with Crippen molar-refractivity contribution in [2.75, 3.05) is 0 Å². The fourth-order valence-electron chi connectivity index (χ4n) is 3.12. The van der Waals surface area contributed by atoms with E-state index in [1.807, 2.05) is 6.08 Å². The Morgan fingerprint density at radius 1 is 1.20 bits per heavy atom. The molecule has 1 heterocycles. The number of ether oxygens (including phenoxy) is 2. The Labute approximate surface area is 120 Å². The maximum absolute atomic E-state index is 12.5. The zero-order chi connectivity index (χ0) is 14.8. The fraction of sp³-hybridized carbons (Fsp3) is 0.750. The number of carbonyl (C=O) groups is 2. The molecule has 0 saturated carbocycles. The number of hydrogen-bond donors (Lipinski definition) is 0. The minimum absolute atomic E-state index is 0.0982. The second kappa shape index (κ2) is 5.58. The van der Waals surface area contributed by atoms with Crippen LogP contribution in [-0.4, -0.2) is 17.7 Å². The number of carbonyl (C=O) groups excluding carboxylic acids is 2. The summed E-state index contributed by atoms with van der Waals surface area (Å²) in [6.45, 7) is 5.33. The number of unbranched alkanes of at least 4 members (excludes halogenated alkanes) is 2. The summed E-state index contributed by atoms with van der Waals surface area (Å²) in [5.74, 6) is -2.07. The van der Waals surface area contributed by atoms with Gasteiger partial charge >= 0.3 is 11.9 Å². The Kier molecular flexibility index (Phi) is 4.21. The highest BCUT2D eigenvalue weighted by molar-refractivity contribution is 6.02. The molecule has 0 aromatic heterocycles. The van der Waals surface area contributed by atoms with Crippen LogP contribution in [0.5, 0.6) is 0 Å². The molecule has 1 fully saturated rings. The van der Waals surface area contributed by atoms with Gasteiger partial charge in [0.15, 0.2) is 5.41 Å². The quantitative estimate of drug-likeness (QED) is 0.343. The molecular formula is C16H24O4. The number of hydrogen-bond acceptors (Lipinski definition) is 4. The Morgan fingerprint density at radius 2 is 1.85 bits per heavy atom. The molecule has 0 aromatic rings. The third-order valence-electron chi connectivity index (χ3n) is 4.23. The summed E-state index contributed by atoms with van der Waals surface area (Å²) in [4.78, 5) is 25.0. The van der Waals surface area contributed by atoms with Gasteiger partial charge in [0.05, 0.1) is 0 Å². The third kappa shape index (κ3) is 2.60. The highest BCUT2D eigenvalue weighted by atomic mass is 16.7. The van der Waals surface area contributed by atoms with E-state index in [0.717, 1.165) is 32.1 Å². The average Bonchev–Trinajstić information content (AvgIpc) is 2.36. The molecule has 1 spiro atoms. The Bertz CT molecular complexity index is 402. The lowest BCUT2D eigenvalue weighted by molar-refractivity contribution is -0.255. The number of esters is 2. The standard InChI is InChI=1S/C16H24O4/c1-4-5-6-9-12-10-7-8-11-16(12)13(17)19-15(2,3)20-14(16)18/h7,10,12H,4-6,8-9,11H2,1-3H3. The summed E-state index contributed by atoms with van der Waals surface area (Å²) in [6.07, 6.45) is 9.33. The van der Waals surface area contributed by atoms with Gasteiger partial charge in [-0.3, -0.25) is 9.59 Å². The second-order valence-corrected chi connectivity index (χ2v) is 6.22. The fourth-order valence-corrected chi connectivity index (χ4v) is 3.12. The number of rotatable bonds is 4. The maximum atomic E-state index is 12.5. The van der Waals surface area contributed by atoms with Gasteiger partial charge in [0.2, 0.25) is 0 Å². The van der Waals surface area contributed by atoms with Crippen LogP contribution in [0.15, 0.2) is 12.2 Å². The van der Waals surface area contributed by atoms with Crippen LogP contribution in [0.2, 0.25) is 0 Å². The molecule has 0 aromatic carbocycles. The van der Waals surface area contributed by atoms with E-state index in [2.05, 4.69) is 13.0 Å². The molecule has 2 aliphatic rings. The van der Waals surface area contributed by atoms with E-state index in [0.29, 0.717) is 6.42 Å². The highest BCUT2D eigenvalue weighted by Gasteiger charge is 2.59. The van der Waals surface area contributed by atoms with Crippen LogP contribution >= 0.6 is 0 Å². The summed E-state index contributed by atoms with van der Waals surface area (Å²) < 4.78 is 10.7. The molecule has 4 heteroatoms. The van der Waals surface area contributed by atoms with E-state index in [4.69, 9.17) is 9.47 Å². The molecule has 0 N–H and O–H groups in total. The lowest BCUT2D eigenvalue weighted by atomic mass is 9.66. The molecule has 0 radical (unpaired) electrons. The summed E-state index contributed by atoms with van der Waals surface area (Å²) in [7, 11) is 0. The molecule has 1 aliphatic heterocycles. The van der Waals surface area contributed by atoms with Crippen molar-refractivity contribution < 1.29 is 19.1 Å². The van der Waals surface area contributed by atoms with Crippen molar-refractivity contribution in [2.45, 2.75) is 65.1 Å². The molecule has 1 saturated heterocycles. The summed E-state index contributed by atoms with van der Waals surface area (Å²) in [5, 5.41) is 0. The Balaban J connectivity index is 2.23. The molecule has 20 heavy (non-hydrogen) atoms. The average molecular weight is 280 g/mol. The summed E-state index contributed by atoms with van der Waals surface area (Å²) in [6, 6.07) is 0. The molecule has 2 rings (SSSR count). The summed E-state index contributed by atoms with van der Waals surface area (Å²) >= 11 is 0. The first-order valence-corrected chi connectivity index (χ1v) is 7.56. The second-order valence-electron chi connectivity index (χ2n) is 6.22. The zero-order valence-corrected chi connectivity index (χ0v) is 12.6. The first-order chi connectivity index (χ1) is 9.42. The van der Waals surface area contributed by atoms with Crippen LogP contribution in [0.3, 0.4) is 0 Å². The highest BCUT2D eigenvalue weighted by Crippen LogP contribution is 2.46. The predicted molar refractivity (Wildman–Crippen MR) is 74.7 cm³/mol. The van der Waals surface area contributed by atoms with E-state index in [-0.39, 0.29) is 5.92 Å². The largest absolute Gasteiger partial charge is 0.422 e.